The molecule has 1 spiro atoms. The quantitative estimate of drug-likeness (QED) is 0.209. The Kier molecular flexibility index (Phi) is 7.87. The van der Waals surface area contributed by atoms with Gasteiger partial charge in [-0.3, -0.25) is 24.0 Å². The van der Waals surface area contributed by atoms with Crippen LogP contribution < -0.4 is 0 Å². The summed E-state index contributed by atoms with van der Waals surface area (Å²) in [6, 6.07) is 0. The lowest BCUT2D eigenvalue weighted by molar-refractivity contribution is -0.294. The fraction of sp³-hybridized carbons (Fsp3) is 0.679. The van der Waals surface area contributed by atoms with Crippen LogP contribution in [0, 0.1) is 17.3 Å². The maximum absolute atomic E-state index is 13.1. The molecular weight excluding hydrogens is 548 g/mol. The van der Waals surface area contributed by atoms with Crippen LogP contribution in [0.4, 0.5) is 0 Å². The Labute approximate surface area is 237 Å². The summed E-state index contributed by atoms with van der Waals surface area (Å²) in [6.45, 7) is 16.4. The van der Waals surface area contributed by atoms with Gasteiger partial charge in [-0.25, -0.2) is 0 Å². The first-order chi connectivity index (χ1) is 18.6. The van der Waals surface area contributed by atoms with Crippen molar-refractivity contribution < 1.29 is 52.4 Å². The molecule has 11 nitrogen and oxygen atoms in total. The third-order valence-electron chi connectivity index (χ3n) is 8.72. The average molecular weight is 583 g/mol. The van der Waals surface area contributed by atoms with Crippen LogP contribution in [0.15, 0.2) is 24.3 Å². The van der Waals surface area contributed by atoms with E-state index in [4.69, 9.17) is 40.0 Å². The van der Waals surface area contributed by atoms with Crippen molar-refractivity contribution >= 4 is 41.4 Å². The minimum absolute atomic E-state index is 0.204. The number of ether oxygens (including phenoxy) is 6. The summed E-state index contributed by atoms with van der Waals surface area (Å²) in [5.74, 6) is -5.30. The van der Waals surface area contributed by atoms with E-state index in [1.165, 1.54) is 27.7 Å². The molecule has 3 aliphatic heterocycles. The zero-order chi connectivity index (χ0) is 29.9. The topological polar surface area (TPSA) is 141 Å². The van der Waals surface area contributed by atoms with Crippen LogP contribution in [0.5, 0.6) is 0 Å². The molecule has 1 saturated carbocycles. The van der Waals surface area contributed by atoms with Crippen molar-refractivity contribution in [1.82, 2.24) is 0 Å². The van der Waals surface area contributed by atoms with Gasteiger partial charge in [-0.2, -0.15) is 0 Å². The van der Waals surface area contributed by atoms with Gasteiger partial charge in [-0.1, -0.05) is 25.7 Å². The number of fused-ring (bicyclic) bond motifs is 2. The first-order valence-corrected chi connectivity index (χ1v) is 13.6. The van der Waals surface area contributed by atoms with Crippen molar-refractivity contribution in [2.45, 2.75) is 102 Å². The van der Waals surface area contributed by atoms with Gasteiger partial charge in [0.2, 0.25) is 0 Å². The summed E-state index contributed by atoms with van der Waals surface area (Å²) in [6.07, 6.45) is -6.58. The molecule has 0 N–H and O–H groups in total. The van der Waals surface area contributed by atoms with Crippen LogP contribution in [-0.4, -0.2) is 77.4 Å². The van der Waals surface area contributed by atoms with E-state index in [2.05, 4.69) is 13.2 Å². The number of alkyl halides is 1. The molecule has 0 radical (unpaired) electrons. The van der Waals surface area contributed by atoms with Crippen molar-refractivity contribution in [3.63, 3.8) is 0 Å². The maximum Gasteiger partial charge on any atom is 0.312 e. The molecule has 220 valence electrons. The zero-order valence-corrected chi connectivity index (χ0v) is 24.1. The SMILES string of the molecule is C=C1CC[C@H](OC(C)=O)[C@@]2(C)[C@H]1[C@H](OC(C)=O)[C@@]13O[C@@H](C(=C)[C@H](Cl)[C@@H]1OC(=O)[C@@H]3C)[C@H](OC(C)=O)[C@@H]2OC(C)=O. The maximum atomic E-state index is 13.1. The van der Waals surface area contributed by atoms with Crippen LogP contribution in [0.25, 0.3) is 0 Å². The molecule has 3 saturated heterocycles. The molecule has 12 heteroatoms. The molecule has 0 aromatic rings. The third kappa shape index (κ3) is 4.51. The zero-order valence-electron chi connectivity index (χ0n) is 23.4. The fourth-order valence-electron chi connectivity index (χ4n) is 7.12. The standard InChI is InChI=1S/C28H35ClO11/c1-11-9-10-18(35-14(4)30)27(8)19(11)23(37-16(6)32)28-13(3)26(34)39-24(28)20(29)12(2)21(40-28)22(36-15(5)31)25(27)38-17(7)33/h13,18-25H,1-2,9-10H2,3-8H3/t13-,18-,19+,20-,21-,22-,23-,24-,25-,27-,28+/m0/s1. The summed E-state index contributed by atoms with van der Waals surface area (Å²) >= 11 is 6.89. The molecule has 0 aromatic heterocycles. The normalized spacial score (nSPS) is 42.3. The van der Waals surface area contributed by atoms with Crippen LogP contribution >= 0.6 is 11.6 Å². The molecule has 40 heavy (non-hydrogen) atoms. The number of halogens is 1. The number of carbonyl (C=O) groups is 5. The van der Waals surface area contributed by atoms with Gasteiger partial charge in [-0.05, 0) is 25.3 Å². The summed E-state index contributed by atoms with van der Waals surface area (Å²) in [4.78, 5) is 63.2. The second-order valence-electron chi connectivity index (χ2n) is 11.2. The molecule has 4 fully saturated rings. The Morgan fingerprint density at radius 2 is 1.48 bits per heavy atom. The van der Waals surface area contributed by atoms with Crippen molar-refractivity contribution in [3.8, 4) is 0 Å². The minimum Gasteiger partial charge on any atom is -0.462 e. The number of esters is 5. The highest BCUT2D eigenvalue weighted by Crippen LogP contribution is 2.61. The predicted molar refractivity (Wildman–Crippen MR) is 138 cm³/mol. The smallest absolute Gasteiger partial charge is 0.312 e. The molecule has 0 unspecified atom stereocenters. The molecule has 3 heterocycles. The average Bonchev–Trinajstić information content (AvgIpc) is 3.09. The Hall–Kier alpha value is -2.92. The third-order valence-corrected chi connectivity index (χ3v) is 9.23. The van der Waals surface area contributed by atoms with Crippen molar-refractivity contribution in [2.24, 2.45) is 17.3 Å². The number of carbonyl (C=O) groups excluding carboxylic acids is 5. The van der Waals surface area contributed by atoms with Crippen molar-refractivity contribution in [1.29, 1.82) is 0 Å². The highest BCUT2D eigenvalue weighted by atomic mass is 35.5. The Balaban J connectivity index is 2.11. The Morgan fingerprint density at radius 1 is 0.925 bits per heavy atom. The second-order valence-corrected chi connectivity index (χ2v) is 11.7. The lowest BCUT2D eigenvalue weighted by Gasteiger charge is -2.61. The van der Waals surface area contributed by atoms with E-state index in [1.54, 1.807) is 13.8 Å². The van der Waals surface area contributed by atoms with E-state index < -0.39 is 94.7 Å². The first kappa shape index (κ1) is 30.0. The molecule has 0 amide bonds. The summed E-state index contributed by atoms with van der Waals surface area (Å²) in [5.41, 5.74) is -2.33. The van der Waals surface area contributed by atoms with Gasteiger partial charge >= 0.3 is 29.8 Å². The van der Waals surface area contributed by atoms with Gasteiger partial charge < -0.3 is 28.4 Å². The lowest BCUT2D eigenvalue weighted by atomic mass is 9.53. The highest BCUT2D eigenvalue weighted by Gasteiger charge is 2.75. The van der Waals surface area contributed by atoms with Crippen molar-refractivity contribution in [2.75, 3.05) is 0 Å². The number of hydrogen-bond acceptors (Lipinski definition) is 11. The van der Waals surface area contributed by atoms with Crippen molar-refractivity contribution in [3.05, 3.63) is 24.3 Å². The largest absolute Gasteiger partial charge is 0.462 e. The summed E-state index contributed by atoms with van der Waals surface area (Å²) in [7, 11) is 0. The molecule has 2 bridgehead atoms. The van der Waals surface area contributed by atoms with Gasteiger partial charge in [0.25, 0.3) is 0 Å². The van der Waals surface area contributed by atoms with Crippen LogP contribution in [0.3, 0.4) is 0 Å². The molecule has 4 aliphatic rings. The molecule has 4 rings (SSSR count). The Bertz CT molecular complexity index is 1160. The predicted octanol–water partition coefficient (Wildman–Crippen LogP) is 2.56. The molecular formula is C28H35ClO11. The van der Waals surface area contributed by atoms with E-state index >= 15 is 0 Å². The van der Waals surface area contributed by atoms with Gasteiger partial charge in [0, 0.05) is 33.6 Å². The number of hydrogen-bond donors (Lipinski definition) is 0. The monoisotopic (exact) mass is 582 g/mol. The van der Waals surface area contributed by atoms with E-state index in [0.29, 0.717) is 12.0 Å². The Morgan fingerprint density at radius 3 is 2.02 bits per heavy atom. The van der Waals surface area contributed by atoms with Gasteiger partial charge in [0.15, 0.2) is 23.9 Å². The minimum atomic E-state index is -1.69. The number of rotatable bonds is 4. The summed E-state index contributed by atoms with van der Waals surface area (Å²) < 4.78 is 36.0. The molecule has 0 aromatic carbocycles. The van der Waals surface area contributed by atoms with Gasteiger partial charge in [-0.15, -0.1) is 11.6 Å². The van der Waals surface area contributed by atoms with Gasteiger partial charge in [0.05, 0.1) is 16.7 Å². The van der Waals surface area contributed by atoms with E-state index in [1.807, 2.05) is 0 Å². The van der Waals surface area contributed by atoms with Crippen LogP contribution in [0.1, 0.15) is 54.4 Å². The lowest BCUT2D eigenvalue weighted by Crippen LogP contribution is -2.75. The molecule has 1 aliphatic carbocycles. The summed E-state index contributed by atoms with van der Waals surface area (Å²) in [5, 5.41) is -1.05. The fourth-order valence-corrected chi connectivity index (χ4v) is 7.49. The second kappa shape index (κ2) is 10.5. The van der Waals surface area contributed by atoms with Crippen LogP contribution in [0.2, 0.25) is 0 Å². The highest BCUT2D eigenvalue weighted by molar-refractivity contribution is 6.23. The van der Waals surface area contributed by atoms with Gasteiger partial charge in [0.1, 0.15) is 18.3 Å². The van der Waals surface area contributed by atoms with E-state index in [9.17, 15) is 24.0 Å². The first-order valence-electron chi connectivity index (χ1n) is 13.1. The van der Waals surface area contributed by atoms with E-state index in [-0.39, 0.29) is 12.0 Å². The van der Waals surface area contributed by atoms with Crippen LogP contribution in [-0.2, 0) is 52.4 Å². The molecule has 11 atom stereocenters. The van der Waals surface area contributed by atoms with E-state index in [0.717, 1.165) is 0 Å².